The number of ketones is 1. The molecule has 0 fully saturated rings. The van der Waals surface area contributed by atoms with Crippen molar-refractivity contribution in [2.75, 3.05) is 0 Å². The highest BCUT2D eigenvalue weighted by Crippen LogP contribution is 2.11. The number of hydrogen-bond donors (Lipinski definition) is 0. The van der Waals surface area contributed by atoms with Crippen LogP contribution >= 0.6 is 0 Å². The summed E-state index contributed by atoms with van der Waals surface area (Å²) in [5.74, 6) is -1.67. The lowest BCUT2D eigenvalue weighted by atomic mass is 10.0. The predicted molar refractivity (Wildman–Crippen MR) is 63.8 cm³/mol. The molecule has 0 saturated heterocycles. The van der Waals surface area contributed by atoms with Gasteiger partial charge in [0, 0.05) is 12.8 Å². The highest BCUT2D eigenvalue weighted by molar-refractivity contribution is 5.80. The first-order valence-corrected chi connectivity index (χ1v) is 6.09. The van der Waals surface area contributed by atoms with Crippen molar-refractivity contribution < 1.29 is 13.6 Å². The van der Waals surface area contributed by atoms with Gasteiger partial charge in [0.25, 0.3) is 0 Å². The molecule has 0 amide bonds. The number of benzene rings is 1. The Morgan fingerprint density at radius 2 is 1.88 bits per heavy atom. The van der Waals surface area contributed by atoms with Crippen LogP contribution in [-0.4, -0.2) is 5.78 Å². The Bertz CT molecular complexity index is 374. The van der Waals surface area contributed by atoms with Crippen molar-refractivity contribution in [2.45, 2.75) is 45.4 Å². The van der Waals surface area contributed by atoms with Crippen LogP contribution in [0.1, 0.15) is 44.6 Å². The molecule has 1 aromatic rings. The molecular weight excluding hydrogens is 222 g/mol. The fraction of sp³-hybridized carbons (Fsp3) is 0.500. The molecule has 3 heteroatoms. The minimum atomic E-state index is -0.888. The summed E-state index contributed by atoms with van der Waals surface area (Å²) in [4.78, 5) is 11.6. The van der Waals surface area contributed by atoms with Gasteiger partial charge in [-0.1, -0.05) is 32.3 Å². The molecule has 1 rings (SSSR count). The van der Waals surface area contributed by atoms with Crippen molar-refractivity contribution >= 4 is 5.78 Å². The van der Waals surface area contributed by atoms with E-state index in [-0.39, 0.29) is 12.2 Å². The second kappa shape index (κ2) is 7.15. The summed E-state index contributed by atoms with van der Waals surface area (Å²) in [5, 5.41) is 0. The van der Waals surface area contributed by atoms with E-state index in [0.717, 1.165) is 37.8 Å². The van der Waals surface area contributed by atoms with E-state index < -0.39 is 11.6 Å². The molecule has 0 aliphatic heterocycles. The van der Waals surface area contributed by atoms with E-state index in [2.05, 4.69) is 6.92 Å². The van der Waals surface area contributed by atoms with Gasteiger partial charge in [0.15, 0.2) is 11.6 Å². The molecule has 0 N–H and O–H groups in total. The third-order valence-corrected chi connectivity index (χ3v) is 2.69. The van der Waals surface area contributed by atoms with Crippen LogP contribution in [0.15, 0.2) is 18.2 Å². The standard InChI is InChI=1S/C14H18F2O/c1-2-3-4-5-6-12(17)9-11-7-8-13(15)14(16)10-11/h7-8,10H,2-6,9H2,1H3. The lowest BCUT2D eigenvalue weighted by Crippen LogP contribution is -2.03. The van der Waals surface area contributed by atoms with Crippen LogP contribution in [0, 0.1) is 11.6 Å². The summed E-state index contributed by atoms with van der Waals surface area (Å²) in [6, 6.07) is 3.62. The van der Waals surface area contributed by atoms with Crippen molar-refractivity contribution in [2.24, 2.45) is 0 Å². The smallest absolute Gasteiger partial charge is 0.159 e. The lowest BCUT2D eigenvalue weighted by Gasteiger charge is -2.02. The van der Waals surface area contributed by atoms with E-state index in [0.29, 0.717) is 12.0 Å². The molecule has 0 radical (unpaired) electrons. The van der Waals surface area contributed by atoms with Crippen LogP contribution in [0.2, 0.25) is 0 Å². The zero-order chi connectivity index (χ0) is 12.7. The highest BCUT2D eigenvalue weighted by Gasteiger charge is 2.07. The van der Waals surface area contributed by atoms with Gasteiger partial charge in [0.05, 0.1) is 0 Å². The zero-order valence-corrected chi connectivity index (χ0v) is 10.1. The van der Waals surface area contributed by atoms with E-state index >= 15 is 0 Å². The Hall–Kier alpha value is -1.25. The second-order valence-corrected chi connectivity index (χ2v) is 4.27. The number of unbranched alkanes of at least 4 members (excludes halogenated alkanes) is 3. The third-order valence-electron chi connectivity index (χ3n) is 2.69. The SMILES string of the molecule is CCCCCCC(=O)Cc1ccc(F)c(F)c1. The van der Waals surface area contributed by atoms with Gasteiger partial charge in [-0.05, 0) is 24.1 Å². The molecular formula is C14H18F2O. The van der Waals surface area contributed by atoms with Gasteiger partial charge in [-0.3, -0.25) is 4.79 Å². The maximum atomic E-state index is 12.9. The Labute approximate surface area is 101 Å². The number of hydrogen-bond acceptors (Lipinski definition) is 1. The molecule has 94 valence electrons. The first-order valence-electron chi connectivity index (χ1n) is 6.09. The molecule has 0 atom stereocenters. The molecule has 0 saturated carbocycles. The molecule has 0 heterocycles. The monoisotopic (exact) mass is 240 g/mol. The normalized spacial score (nSPS) is 10.5. The molecule has 0 unspecified atom stereocenters. The fourth-order valence-corrected chi connectivity index (χ4v) is 1.71. The number of carbonyl (C=O) groups is 1. The van der Waals surface area contributed by atoms with Gasteiger partial charge in [0.2, 0.25) is 0 Å². The topological polar surface area (TPSA) is 17.1 Å². The van der Waals surface area contributed by atoms with Gasteiger partial charge in [0.1, 0.15) is 5.78 Å². The average molecular weight is 240 g/mol. The predicted octanol–water partition coefficient (Wildman–Crippen LogP) is 4.05. The van der Waals surface area contributed by atoms with Crippen molar-refractivity contribution in [3.05, 3.63) is 35.4 Å². The van der Waals surface area contributed by atoms with Gasteiger partial charge in [-0.2, -0.15) is 0 Å². The van der Waals surface area contributed by atoms with Crippen LogP contribution in [0.3, 0.4) is 0 Å². The average Bonchev–Trinajstić information content (AvgIpc) is 2.30. The first kappa shape index (κ1) is 13.8. The van der Waals surface area contributed by atoms with E-state index in [9.17, 15) is 13.6 Å². The van der Waals surface area contributed by atoms with Crippen LogP contribution in [-0.2, 0) is 11.2 Å². The van der Waals surface area contributed by atoms with Gasteiger partial charge >= 0.3 is 0 Å². The second-order valence-electron chi connectivity index (χ2n) is 4.27. The van der Waals surface area contributed by atoms with Crippen LogP contribution < -0.4 is 0 Å². The third kappa shape index (κ3) is 5.07. The summed E-state index contributed by atoms with van der Waals surface area (Å²) in [5.41, 5.74) is 0.546. The maximum absolute atomic E-state index is 12.9. The summed E-state index contributed by atoms with van der Waals surface area (Å²) in [6.45, 7) is 2.11. The Morgan fingerprint density at radius 3 is 2.53 bits per heavy atom. The van der Waals surface area contributed by atoms with Crippen LogP contribution in [0.25, 0.3) is 0 Å². The fourth-order valence-electron chi connectivity index (χ4n) is 1.71. The summed E-state index contributed by atoms with van der Waals surface area (Å²) >= 11 is 0. The first-order chi connectivity index (χ1) is 8.13. The highest BCUT2D eigenvalue weighted by atomic mass is 19.2. The Morgan fingerprint density at radius 1 is 1.12 bits per heavy atom. The van der Waals surface area contributed by atoms with Gasteiger partial charge in [-0.25, -0.2) is 8.78 Å². The molecule has 1 aromatic carbocycles. The van der Waals surface area contributed by atoms with Gasteiger partial charge < -0.3 is 0 Å². The number of carbonyl (C=O) groups excluding carboxylic acids is 1. The van der Waals surface area contributed by atoms with E-state index in [1.165, 1.54) is 6.07 Å². The maximum Gasteiger partial charge on any atom is 0.159 e. The number of halogens is 2. The number of rotatable bonds is 7. The van der Waals surface area contributed by atoms with Crippen LogP contribution in [0.5, 0.6) is 0 Å². The largest absolute Gasteiger partial charge is 0.299 e. The van der Waals surface area contributed by atoms with E-state index in [4.69, 9.17) is 0 Å². The lowest BCUT2D eigenvalue weighted by molar-refractivity contribution is -0.118. The van der Waals surface area contributed by atoms with Crippen LogP contribution in [0.4, 0.5) is 8.78 Å². The van der Waals surface area contributed by atoms with Crippen molar-refractivity contribution in [1.82, 2.24) is 0 Å². The molecule has 0 spiro atoms. The Kier molecular flexibility index (Phi) is 5.81. The minimum Gasteiger partial charge on any atom is -0.299 e. The zero-order valence-electron chi connectivity index (χ0n) is 10.1. The molecule has 17 heavy (non-hydrogen) atoms. The van der Waals surface area contributed by atoms with E-state index in [1.807, 2.05) is 0 Å². The van der Waals surface area contributed by atoms with E-state index in [1.54, 1.807) is 0 Å². The van der Waals surface area contributed by atoms with Gasteiger partial charge in [-0.15, -0.1) is 0 Å². The van der Waals surface area contributed by atoms with Crippen molar-refractivity contribution in [3.8, 4) is 0 Å². The molecule has 0 bridgehead atoms. The summed E-state index contributed by atoms with van der Waals surface area (Å²) in [6.07, 6.45) is 4.94. The molecule has 1 nitrogen and oxygen atoms in total. The summed E-state index contributed by atoms with van der Waals surface area (Å²) in [7, 11) is 0. The Balaban J connectivity index is 2.37. The quantitative estimate of drug-likeness (QED) is 0.657. The number of Topliss-reactive ketones (excluding diaryl/α,β-unsaturated/α-hetero) is 1. The molecule has 0 aliphatic carbocycles. The summed E-state index contributed by atoms with van der Waals surface area (Å²) < 4.78 is 25.6. The molecule has 0 aliphatic rings. The minimum absolute atomic E-state index is 0.0899. The van der Waals surface area contributed by atoms with Crippen molar-refractivity contribution in [1.29, 1.82) is 0 Å². The molecule has 0 aromatic heterocycles. The van der Waals surface area contributed by atoms with Crippen molar-refractivity contribution in [3.63, 3.8) is 0 Å².